The van der Waals surface area contributed by atoms with Gasteiger partial charge < -0.3 is 10.1 Å². The topological polar surface area (TPSA) is 97.1 Å². The highest BCUT2D eigenvalue weighted by atomic mass is 19.1. The average molecular weight is 393 g/mol. The van der Waals surface area contributed by atoms with E-state index in [9.17, 15) is 23.9 Å². The number of para-hydroxylation sites is 1. The van der Waals surface area contributed by atoms with Gasteiger partial charge in [-0.1, -0.05) is 30.3 Å². The highest BCUT2D eigenvalue weighted by Gasteiger charge is 2.27. The van der Waals surface area contributed by atoms with E-state index in [1.165, 1.54) is 49.0 Å². The number of halogens is 1. The first-order valence-corrected chi connectivity index (χ1v) is 8.72. The van der Waals surface area contributed by atoms with Crippen molar-refractivity contribution in [3.8, 4) is 16.9 Å². The molecule has 29 heavy (non-hydrogen) atoms. The molecular formula is C21H16FN3O4. The number of nitrogens with one attached hydrogen (secondary N) is 1. The van der Waals surface area contributed by atoms with E-state index in [1.54, 1.807) is 18.2 Å². The van der Waals surface area contributed by atoms with Crippen LogP contribution in [0.1, 0.15) is 16.1 Å². The number of hydrogen-bond donors (Lipinski definition) is 2. The van der Waals surface area contributed by atoms with Gasteiger partial charge in [0.25, 0.3) is 5.56 Å². The molecule has 0 radical (unpaired) electrons. The van der Waals surface area contributed by atoms with Crippen LogP contribution in [0.25, 0.3) is 22.2 Å². The van der Waals surface area contributed by atoms with E-state index in [-0.39, 0.29) is 39.2 Å². The molecule has 2 heterocycles. The molecule has 146 valence electrons. The third-order valence-electron chi connectivity index (χ3n) is 4.93. The number of aromatic amines is 1. The maximum Gasteiger partial charge on any atom is 0.332 e. The molecular weight excluding hydrogens is 377 g/mol. The molecule has 0 aliphatic carbocycles. The molecule has 0 unspecified atom stereocenters. The molecule has 0 atom stereocenters. The summed E-state index contributed by atoms with van der Waals surface area (Å²) in [5.74, 6) is -1.51. The Morgan fingerprint density at radius 1 is 1.00 bits per heavy atom. The molecule has 2 aromatic heterocycles. The van der Waals surface area contributed by atoms with Crippen molar-refractivity contribution in [2.75, 3.05) is 0 Å². The monoisotopic (exact) mass is 393 g/mol. The summed E-state index contributed by atoms with van der Waals surface area (Å²) in [6.45, 7) is 0. The lowest BCUT2D eigenvalue weighted by Crippen LogP contribution is -2.36. The number of carbonyl (C=O) groups is 1. The molecule has 7 nitrogen and oxygen atoms in total. The van der Waals surface area contributed by atoms with E-state index in [0.717, 1.165) is 4.57 Å². The number of fused-ring (bicyclic) bond motifs is 1. The van der Waals surface area contributed by atoms with Crippen molar-refractivity contribution in [1.82, 2.24) is 14.1 Å². The van der Waals surface area contributed by atoms with Crippen LogP contribution in [-0.2, 0) is 14.1 Å². The van der Waals surface area contributed by atoms with Crippen LogP contribution >= 0.6 is 0 Å². The zero-order chi connectivity index (χ0) is 20.9. The number of phenols is 1. The molecule has 0 spiro atoms. The summed E-state index contributed by atoms with van der Waals surface area (Å²) in [5, 5.41) is 10.1. The predicted molar refractivity (Wildman–Crippen MR) is 106 cm³/mol. The number of benzene rings is 2. The van der Waals surface area contributed by atoms with Crippen LogP contribution in [0.4, 0.5) is 4.39 Å². The van der Waals surface area contributed by atoms with Crippen molar-refractivity contribution >= 4 is 16.8 Å². The van der Waals surface area contributed by atoms with Crippen molar-refractivity contribution in [1.29, 1.82) is 0 Å². The van der Waals surface area contributed by atoms with Gasteiger partial charge in [-0.25, -0.2) is 9.18 Å². The van der Waals surface area contributed by atoms with Gasteiger partial charge >= 0.3 is 5.69 Å². The number of carbonyl (C=O) groups excluding carboxylic acids is 1. The SMILES string of the molecule is Cn1c(=O)c2c(-c3ccccc3F)c(C(=O)c3ccccc3O)[nH]c2n(C)c1=O. The molecule has 0 amide bonds. The van der Waals surface area contributed by atoms with E-state index in [4.69, 9.17) is 0 Å². The second-order valence-corrected chi connectivity index (χ2v) is 6.63. The van der Waals surface area contributed by atoms with Crippen LogP contribution in [0.15, 0.2) is 58.1 Å². The predicted octanol–water partition coefficient (Wildman–Crippen LogP) is 2.31. The van der Waals surface area contributed by atoms with Crippen molar-refractivity contribution in [2.45, 2.75) is 0 Å². The van der Waals surface area contributed by atoms with Crippen molar-refractivity contribution in [3.05, 3.63) is 86.4 Å². The highest BCUT2D eigenvalue weighted by Crippen LogP contribution is 2.34. The maximum atomic E-state index is 14.7. The molecule has 0 bridgehead atoms. The lowest BCUT2D eigenvalue weighted by molar-refractivity contribution is 0.103. The average Bonchev–Trinajstić information content (AvgIpc) is 3.11. The quantitative estimate of drug-likeness (QED) is 0.522. The third-order valence-corrected chi connectivity index (χ3v) is 4.93. The lowest BCUT2D eigenvalue weighted by Gasteiger charge is -2.07. The minimum Gasteiger partial charge on any atom is -0.507 e. The van der Waals surface area contributed by atoms with Gasteiger partial charge in [0.15, 0.2) is 0 Å². The molecule has 0 aliphatic heterocycles. The Balaban J connectivity index is 2.19. The van der Waals surface area contributed by atoms with Gasteiger partial charge in [-0.05, 0) is 18.2 Å². The Labute approximate surface area is 163 Å². The first-order chi connectivity index (χ1) is 13.8. The van der Waals surface area contributed by atoms with Gasteiger partial charge in [-0.15, -0.1) is 0 Å². The first kappa shape index (κ1) is 18.4. The number of H-pyrrole nitrogens is 1. The second-order valence-electron chi connectivity index (χ2n) is 6.63. The Kier molecular flexibility index (Phi) is 4.19. The molecule has 8 heteroatoms. The Bertz CT molecular complexity index is 1410. The van der Waals surface area contributed by atoms with Gasteiger partial charge in [0.05, 0.1) is 16.6 Å². The zero-order valence-electron chi connectivity index (χ0n) is 15.6. The molecule has 0 fully saturated rings. The normalized spacial score (nSPS) is 11.1. The fourth-order valence-corrected chi connectivity index (χ4v) is 3.43. The molecule has 2 aromatic carbocycles. The largest absolute Gasteiger partial charge is 0.507 e. The van der Waals surface area contributed by atoms with Crippen molar-refractivity contribution in [3.63, 3.8) is 0 Å². The Morgan fingerprint density at radius 3 is 2.34 bits per heavy atom. The number of ketones is 1. The number of phenolic OH excluding ortho intramolecular Hbond substituents is 1. The van der Waals surface area contributed by atoms with Gasteiger partial charge in [0.1, 0.15) is 17.2 Å². The van der Waals surface area contributed by atoms with E-state index >= 15 is 0 Å². The van der Waals surface area contributed by atoms with Crippen LogP contribution in [0, 0.1) is 5.82 Å². The van der Waals surface area contributed by atoms with E-state index in [1.807, 2.05) is 0 Å². The Morgan fingerprint density at radius 2 is 1.66 bits per heavy atom. The van der Waals surface area contributed by atoms with Gasteiger partial charge in [-0.2, -0.15) is 0 Å². The van der Waals surface area contributed by atoms with Crippen LogP contribution in [-0.4, -0.2) is 25.0 Å². The first-order valence-electron chi connectivity index (χ1n) is 8.72. The molecule has 0 aliphatic rings. The van der Waals surface area contributed by atoms with Crippen molar-refractivity contribution in [2.24, 2.45) is 14.1 Å². The number of hydrogen-bond acceptors (Lipinski definition) is 4. The van der Waals surface area contributed by atoms with E-state index in [2.05, 4.69) is 4.98 Å². The molecule has 0 saturated heterocycles. The highest BCUT2D eigenvalue weighted by molar-refractivity contribution is 6.17. The van der Waals surface area contributed by atoms with E-state index in [0.29, 0.717) is 0 Å². The summed E-state index contributed by atoms with van der Waals surface area (Å²) < 4.78 is 16.7. The smallest absolute Gasteiger partial charge is 0.332 e. The summed E-state index contributed by atoms with van der Waals surface area (Å²) in [6, 6.07) is 11.7. The standard InChI is InChI=1S/C21H16FN3O4/c1-24-19-16(20(28)25(2)21(24)29)15(11-7-3-5-9-13(11)22)17(23-19)18(27)12-8-4-6-10-14(12)26/h3-10,23,26H,1-2H3. The summed E-state index contributed by atoms with van der Waals surface area (Å²) in [5.41, 5.74) is -1.19. The fraction of sp³-hybridized carbons (Fsp3) is 0.0952. The zero-order valence-corrected chi connectivity index (χ0v) is 15.6. The van der Waals surface area contributed by atoms with Gasteiger partial charge in [-0.3, -0.25) is 18.7 Å². The van der Waals surface area contributed by atoms with Gasteiger partial charge in [0.2, 0.25) is 5.78 Å². The second kappa shape index (κ2) is 6.59. The van der Waals surface area contributed by atoms with Crippen molar-refractivity contribution < 1.29 is 14.3 Å². The molecule has 4 aromatic rings. The lowest BCUT2D eigenvalue weighted by atomic mass is 9.97. The number of aromatic hydroxyl groups is 1. The van der Waals surface area contributed by atoms with Gasteiger partial charge in [0, 0.05) is 25.2 Å². The maximum absolute atomic E-state index is 14.7. The molecule has 0 saturated carbocycles. The minimum atomic E-state index is -0.658. The summed E-state index contributed by atoms with van der Waals surface area (Å²) in [4.78, 5) is 41.3. The number of aryl methyl sites for hydroxylation is 1. The van der Waals surface area contributed by atoms with Crippen LogP contribution in [0.5, 0.6) is 5.75 Å². The van der Waals surface area contributed by atoms with Crippen LogP contribution in [0.3, 0.4) is 0 Å². The minimum absolute atomic E-state index is 0.0125. The molecule has 2 N–H and O–H groups in total. The number of rotatable bonds is 3. The van der Waals surface area contributed by atoms with Crippen LogP contribution < -0.4 is 11.2 Å². The summed E-state index contributed by atoms with van der Waals surface area (Å²) in [6.07, 6.45) is 0. The molecule has 4 rings (SSSR count). The van der Waals surface area contributed by atoms with Crippen LogP contribution in [0.2, 0.25) is 0 Å². The Hall–Kier alpha value is -3.94. The number of aromatic nitrogens is 3. The fourth-order valence-electron chi connectivity index (χ4n) is 3.43. The van der Waals surface area contributed by atoms with E-state index < -0.39 is 22.8 Å². The third kappa shape index (κ3) is 2.68. The summed E-state index contributed by atoms with van der Waals surface area (Å²) >= 11 is 0. The summed E-state index contributed by atoms with van der Waals surface area (Å²) in [7, 11) is 2.76. The number of nitrogens with zero attached hydrogens (tertiary/aromatic N) is 2.